The van der Waals surface area contributed by atoms with Crippen LogP contribution in [0.15, 0.2) is 30.5 Å². The van der Waals surface area contributed by atoms with Crippen LogP contribution in [0.1, 0.15) is 12.8 Å². The lowest BCUT2D eigenvalue weighted by Gasteiger charge is -2.28. The van der Waals surface area contributed by atoms with Gasteiger partial charge in [-0.25, -0.2) is 18.2 Å². The maximum Gasteiger partial charge on any atom is 0.228 e. The zero-order valence-electron chi connectivity index (χ0n) is 16.8. The average molecular weight is 406 g/mol. The number of halogens is 3. The summed E-state index contributed by atoms with van der Waals surface area (Å²) in [6.07, 6.45) is 1.09. The van der Waals surface area contributed by atoms with E-state index in [1.165, 1.54) is 11.1 Å². The van der Waals surface area contributed by atoms with Crippen molar-refractivity contribution >= 4 is 17.4 Å². The van der Waals surface area contributed by atoms with E-state index in [9.17, 15) is 18.0 Å². The number of hydrogen-bond donors (Lipinski definition) is 0. The third-order valence-electron chi connectivity index (χ3n) is 5.04. The number of carbonyl (C=O) groups is 1. The summed E-state index contributed by atoms with van der Waals surface area (Å²) in [4.78, 5) is 22.2. The van der Waals surface area contributed by atoms with Gasteiger partial charge in [-0.3, -0.25) is 4.79 Å². The van der Waals surface area contributed by atoms with Crippen LogP contribution in [0.3, 0.4) is 0 Å². The van der Waals surface area contributed by atoms with Gasteiger partial charge in [0, 0.05) is 43.9 Å². The normalized spacial score (nSPS) is 16.5. The Hall–Kier alpha value is -2.61. The summed E-state index contributed by atoms with van der Waals surface area (Å²) in [7, 11) is 5.31. The van der Waals surface area contributed by atoms with Gasteiger partial charge < -0.3 is 14.7 Å². The minimum Gasteiger partial charge on any atom is -0.352 e. The van der Waals surface area contributed by atoms with Crippen molar-refractivity contribution in [2.24, 2.45) is 0 Å². The maximum atomic E-state index is 14.6. The Morgan fingerprint density at radius 3 is 2.62 bits per heavy atom. The van der Waals surface area contributed by atoms with Gasteiger partial charge in [0.15, 0.2) is 5.82 Å². The van der Waals surface area contributed by atoms with Crippen molar-refractivity contribution < 1.29 is 18.0 Å². The first kappa shape index (κ1) is 21.1. The molecule has 1 amide bonds. The molecular formula is C21H25F3N4O. The summed E-state index contributed by atoms with van der Waals surface area (Å²) in [5, 5.41) is 0. The van der Waals surface area contributed by atoms with Gasteiger partial charge in [-0.2, -0.15) is 0 Å². The minimum absolute atomic E-state index is 0.0342. The number of carbonyl (C=O) groups excluding carboxylic acids is 1. The lowest BCUT2D eigenvalue weighted by molar-refractivity contribution is -0.118. The summed E-state index contributed by atoms with van der Waals surface area (Å²) in [5.41, 5.74) is 0.733. The van der Waals surface area contributed by atoms with Crippen LogP contribution in [-0.2, 0) is 4.79 Å². The molecule has 1 aromatic heterocycles. The lowest BCUT2D eigenvalue weighted by atomic mass is 10.0. The molecule has 0 unspecified atom stereocenters. The molecular weight excluding hydrogens is 381 g/mol. The smallest absolute Gasteiger partial charge is 0.228 e. The second-order valence-electron chi connectivity index (χ2n) is 7.49. The van der Waals surface area contributed by atoms with Crippen molar-refractivity contribution in [1.82, 2.24) is 9.88 Å². The monoisotopic (exact) mass is 406 g/mol. The van der Waals surface area contributed by atoms with Crippen LogP contribution >= 0.6 is 0 Å². The van der Waals surface area contributed by atoms with E-state index in [-0.39, 0.29) is 24.4 Å². The number of benzene rings is 1. The largest absolute Gasteiger partial charge is 0.352 e. The highest BCUT2D eigenvalue weighted by molar-refractivity contribution is 6.01. The van der Waals surface area contributed by atoms with E-state index in [0.717, 1.165) is 18.2 Å². The molecule has 0 aliphatic carbocycles. The third kappa shape index (κ3) is 4.70. The van der Waals surface area contributed by atoms with Crippen LogP contribution in [0.2, 0.25) is 0 Å². The van der Waals surface area contributed by atoms with E-state index >= 15 is 0 Å². The van der Waals surface area contributed by atoms with Gasteiger partial charge in [-0.05, 0) is 44.8 Å². The van der Waals surface area contributed by atoms with Crippen molar-refractivity contribution in [2.75, 3.05) is 50.6 Å². The van der Waals surface area contributed by atoms with Crippen LogP contribution in [0.5, 0.6) is 0 Å². The molecule has 1 atom stereocenters. The number of aromatic nitrogens is 1. The molecule has 0 N–H and O–H groups in total. The number of rotatable bonds is 6. The number of alkyl halides is 1. The Morgan fingerprint density at radius 2 is 1.97 bits per heavy atom. The molecule has 8 heteroatoms. The molecule has 1 aromatic carbocycles. The van der Waals surface area contributed by atoms with Gasteiger partial charge in [0.05, 0.1) is 12.2 Å². The second-order valence-corrected chi connectivity index (χ2v) is 7.49. The Balaban J connectivity index is 2.11. The number of pyridine rings is 1. The third-order valence-corrected chi connectivity index (χ3v) is 5.04. The summed E-state index contributed by atoms with van der Waals surface area (Å²) in [6.45, 7) is 1.13. The summed E-state index contributed by atoms with van der Waals surface area (Å²) in [6, 6.07) is 4.74. The Kier molecular flexibility index (Phi) is 6.42. The zero-order valence-corrected chi connectivity index (χ0v) is 16.8. The number of amides is 1. The van der Waals surface area contributed by atoms with Crippen LogP contribution in [-0.4, -0.2) is 62.7 Å². The predicted molar refractivity (Wildman–Crippen MR) is 108 cm³/mol. The molecule has 0 radical (unpaired) electrons. The predicted octanol–water partition coefficient (Wildman–Crippen LogP) is 3.49. The summed E-state index contributed by atoms with van der Waals surface area (Å²) < 4.78 is 42.2. The fourth-order valence-corrected chi connectivity index (χ4v) is 3.45. The molecule has 156 valence electrons. The molecule has 1 aliphatic heterocycles. The van der Waals surface area contributed by atoms with E-state index in [1.807, 2.05) is 19.0 Å². The molecule has 1 aliphatic rings. The number of anilines is 2. The molecule has 2 aromatic rings. The van der Waals surface area contributed by atoms with Crippen LogP contribution < -0.4 is 9.80 Å². The highest BCUT2D eigenvalue weighted by Crippen LogP contribution is 2.40. The number of hydrogen-bond acceptors (Lipinski definition) is 4. The van der Waals surface area contributed by atoms with Crippen molar-refractivity contribution in [1.29, 1.82) is 0 Å². The van der Waals surface area contributed by atoms with E-state index < -0.39 is 17.8 Å². The quantitative estimate of drug-likeness (QED) is 0.736. The van der Waals surface area contributed by atoms with Crippen LogP contribution in [0.25, 0.3) is 11.1 Å². The first-order valence-electron chi connectivity index (χ1n) is 9.52. The molecule has 29 heavy (non-hydrogen) atoms. The Labute approximate surface area is 168 Å². The highest BCUT2D eigenvalue weighted by Gasteiger charge is 2.29. The molecule has 1 saturated heterocycles. The molecule has 1 fully saturated rings. The summed E-state index contributed by atoms with van der Waals surface area (Å²) >= 11 is 0. The average Bonchev–Trinajstić information content (AvgIpc) is 3.13. The molecule has 0 bridgehead atoms. The summed E-state index contributed by atoms with van der Waals surface area (Å²) in [5.74, 6) is -0.991. The van der Waals surface area contributed by atoms with E-state index in [2.05, 4.69) is 4.98 Å². The molecule has 3 rings (SSSR count). The standard InChI is InChI=1S/C21H25F3N4O/c1-26(2)10-8-19(29)27(3)20-16(17-12-14(22)4-5-18(17)24)6-9-25-21(20)28-11-7-15(23)13-28/h4-6,9,12,15H,7-8,10-11,13H2,1-3H3/t15-/m0/s1. The second kappa shape index (κ2) is 8.82. The Morgan fingerprint density at radius 1 is 1.21 bits per heavy atom. The molecule has 2 heterocycles. The number of nitrogens with zero attached hydrogens (tertiary/aromatic N) is 4. The highest BCUT2D eigenvalue weighted by atomic mass is 19.1. The van der Waals surface area contributed by atoms with Crippen molar-refractivity contribution in [3.63, 3.8) is 0 Å². The Bertz CT molecular complexity index is 890. The van der Waals surface area contributed by atoms with Gasteiger partial charge in [0.25, 0.3) is 0 Å². The topological polar surface area (TPSA) is 39.7 Å². The first-order valence-corrected chi connectivity index (χ1v) is 9.52. The van der Waals surface area contributed by atoms with Gasteiger partial charge >= 0.3 is 0 Å². The fourth-order valence-electron chi connectivity index (χ4n) is 3.45. The lowest BCUT2D eigenvalue weighted by Crippen LogP contribution is -2.32. The zero-order chi connectivity index (χ0) is 21.1. The van der Waals surface area contributed by atoms with Gasteiger partial charge in [0.2, 0.25) is 5.91 Å². The maximum absolute atomic E-state index is 14.6. The minimum atomic E-state index is -0.992. The van der Waals surface area contributed by atoms with Crippen molar-refractivity contribution in [3.8, 4) is 11.1 Å². The molecule has 5 nitrogen and oxygen atoms in total. The van der Waals surface area contributed by atoms with Crippen molar-refractivity contribution in [3.05, 3.63) is 42.1 Å². The van der Waals surface area contributed by atoms with Crippen LogP contribution in [0, 0.1) is 11.6 Å². The van der Waals surface area contributed by atoms with E-state index in [1.54, 1.807) is 18.0 Å². The van der Waals surface area contributed by atoms with Gasteiger partial charge in [-0.15, -0.1) is 0 Å². The molecule has 0 spiro atoms. The molecule has 0 saturated carbocycles. The van der Waals surface area contributed by atoms with E-state index in [4.69, 9.17) is 0 Å². The van der Waals surface area contributed by atoms with E-state index in [0.29, 0.717) is 36.6 Å². The SMILES string of the molecule is CN(C)CCC(=O)N(C)c1c(-c2cc(F)ccc2F)ccnc1N1CC[C@H](F)C1. The first-order chi connectivity index (χ1) is 13.8. The van der Waals surface area contributed by atoms with Gasteiger partial charge in [-0.1, -0.05) is 0 Å². The van der Waals surface area contributed by atoms with Gasteiger partial charge in [0.1, 0.15) is 17.8 Å². The van der Waals surface area contributed by atoms with Crippen LogP contribution in [0.4, 0.5) is 24.7 Å². The van der Waals surface area contributed by atoms with Crippen molar-refractivity contribution in [2.45, 2.75) is 19.0 Å². The fraction of sp³-hybridized carbons (Fsp3) is 0.429.